The SMILES string of the molecule is CC(C)(C)c1nnc(Cl)n1C1CCCCCCC1. The van der Waals surface area contributed by atoms with Crippen LogP contribution in [0.3, 0.4) is 0 Å². The van der Waals surface area contributed by atoms with E-state index in [2.05, 4.69) is 35.5 Å². The highest BCUT2D eigenvalue weighted by Gasteiger charge is 2.27. The van der Waals surface area contributed by atoms with Crippen LogP contribution in [0.5, 0.6) is 0 Å². The van der Waals surface area contributed by atoms with Crippen molar-refractivity contribution in [1.82, 2.24) is 14.8 Å². The predicted molar refractivity (Wildman–Crippen MR) is 75.1 cm³/mol. The molecule has 0 atom stereocenters. The first kappa shape index (κ1) is 13.9. The van der Waals surface area contributed by atoms with E-state index in [1.165, 1.54) is 44.9 Å². The fraction of sp³-hybridized carbons (Fsp3) is 0.857. The Morgan fingerprint density at radius 3 is 2.11 bits per heavy atom. The van der Waals surface area contributed by atoms with Crippen molar-refractivity contribution >= 4 is 11.6 Å². The Labute approximate surface area is 115 Å². The van der Waals surface area contributed by atoms with Gasteiger partial charge < -0.3 is 0 Å². The fourth-order valence-electron chi connectivity index (χ4n) is 2.80. The van der Waals surface area contributed by atoms with Crippen molar-refractivity contribution in [3.8, 4) is 0 Å². The minimum absolute atomic E-state index is 0.00249. The van der Waals surface area contributed by atoms with Crippen LogP contribution in [0, 0.1) is 0 Å². The van der Waals surface area contributed by atoms with Gasteiger partial charge in [-0.2, -0.15) is 0 Å². The first-order valence-electron chi connectivity index (χ1n) is 7.11. The largest absolute Gasteiger partial charge is 0.298 e. The summed E-state index contributed by atoms with van der Waals surface area (Å²) in [7, 11) is 0. The third-order valence-electron chi connectivity index (χ3n) is 3.76. The molecule has 1 aromatic heterocycles. The average Bonchev–Trinajstić information content (AvgIpc) is 2.59. The molecule has 0 aromatic carbocycles. The van der Waals surface area contributed by atoms with Crippen molar-refractivity contribution < 1.29 is 0 Å². The van der Waals surface area contributed by atoms with Crippen LogP contribution < -0.4 is 0 Å². The lowest BCUT2D eigenvalue weighted by Crippen LogP contribution is -2.23. The minimum Gasteiger partial charge on any atom is -0.298 e. The van der Waals surface area contributed by atoms with Crippen LogP contribution in [-0.4, -0.2) is 14.8 Å². The van der Waals surface area contributed by atoms with Crippen molar-refractivity contribution in [3.05, 3.63) is 11.1 Å². The highest BCUT2D eigenvalue weighted by molar-refractivity contribution is 6.28. The molecule has 1 aromatic rings. The summed E-state index contributed by atoms with van der Waals surface area (Å²) in [5.74, 6) is 1.03. The van der Waals surface area contributed by atoms with Crippen LogP contribution in [0.2, 0.25) is 5.28 Å². The van der Waals surface area contributed by atoms with E-state index >= 15 is 0 Å². The van der Waals surface area contributed by atoms with Crippen LogP contribution in [0.15, 0.2) is 0 Å². The van der Waals surface area contributed by atoms with E-state index in [1.54, 1.807) is 0 Å². The van der Waals surface area contributed by atoms with Gasteiger partial charge in [-0.15, -0.1) is 10.2 Å². The van der Waals surface area contributed by atoms with Gasteiger partial charge in [-0.3, -0.25) is 4.57 Å². The van der Waals surface area contributed by atoms with Gasteiger partial charge in [-0.1, -0.05) is 52.9 Å². The van der Waals surface area contributed by atoms with Crippen LogP contribution in [0.1, 0.15) is 77.6 Å². The number of hydrogen-bond donors (Lipinski definition) is 0. The molecule has 0 radical (unpaired) electrons. The highest BCUT2D eigenvalue weighted by atomic mass is 35.5. The Morgan fingerprint density at radius 2 is 1.56 bits per heavy atom. The number of hydrogen-bond acceptors (Lipinski definition) is 2. The van der Waals surface area contributed by atoms with Crippen LogP contribution in [-0.2, 0) is 5.41 Å². The highest BCUT2D eigenvalue weighted by Crippen LogP contribution is 2.33. The smallest absolute Gasteiger partial charge is 0.225 e. The zero-order chi connectivity index (χ0) is 13.2. The maximum atomic E-state index is 6.27. The van der Waals surface area contributed by atoms with E-state index < -0.39 is 0 Å². The second-order valence-corrected chi connectivity index (χ2v) is 6.75. The summed E-state index contributed by atoms with van der Waals surface area (Å²) in [6, 6.07) is 0.488. The van der Waals surface area contributed by atoms with Crippen LogP contribution in [0.25, 0.3) is 0 Å². The molecule has 0 aliphatic heterocycles. The van der Waals surface area contributed by atoms with Crippen molar-refractivity contribution in [2.45, 2.75) is 77.2 Å². The van der Waals surface area contributed by atoms with E-state index in [0.717, 1.165) is 5.82 Å². The summed E-state index contributed by atoms with van der Waals surface area (Å²) in [5.41, 5.74) is 0.00249. The number of nitrogens with zero attached hydrogens (tertiary/aromatic N) is 3. The minimum atomic E-state index is 0.00249. The van der Waals surface area contributed by atoms with Gasteiger partial charge in [0.15, 0.2) is 0 Å². The molecule has 2 rings (SSSR count). The summed E-state index contributed by atoms with van der Waals surface area (Å²) in [4.78, 5) is 0. The van der Waals surface area contributed by atoms with Gasteiger partial charge in [0.05, 0.1) is 0 Å². The molecule has 102 valence electrons. The molecule has 1 fully saturated rings. The lowest BCUT2D eigenvalue weighted by molar-refractivity contribution is 0.348. The number of halogens is 1. The summed E-state index contributed by atoms with van der Waals surface area (Å²) >= 11 is 6.27. The Morgan fingerprint density at radius 1 is 1.00 bits per heavy atom. The lowest BCUT2D eigenvalue weighted by atomic mass is 9.93. The maximum Gasteiger partial charge on any atom is 0.225 e. The van der Waals surface area contributed by atoms with Gasteiger partial charge in [0.2, 0.25) is 5.28 Å². The molecular formula is C14H24ClN3. The first-order chi connectivity index (χ1) is 8.50. The van der Waals surface area contributed by atoms with Crippen molar-refractivity contribution in [3.63, 3.8) is 0 Å². The molecule has 0 bridgehead atoms. The Hall–Kier alpha value is -0.570. The summed E-state index contributed by atoms with van der Waals surface area (Å²) in [5, 5.41) is 8.95. The summed E-state index contributed by atoms with van der Waals surface area (Å²) in [6.07, 6.45) is 9.09. The average molecular weight is 270 g/mol. The Balaban J connectivity index is 2.27. The second-order valence-electron chi connectivity index (χ2n) is 6.41. The molecule has 1 saturated carbocycles. The monoisotopic (exact) mass is 269 g/mol. The normalized spacial score (nSPS) is 19.6. The quantitative estimate of drug-likeness (QED) is 0.751. The number of rotatable bonds is 1. The van der Waals surface area contributed by atoms with E-state index in [9.17, 15) is 0 Å². The molecule has 0 N–H and O–H groups in total. The van der Waals surface area contributed by atoms with E-state index in [-0.39, 0.29) is 5.41 Å². The van der Waals surface area contributed by atoms with Gasteiger partial charge in [0.25, 0.3) is 0 Å². The Bertz CT molecular complexity index is 384. The predicted octanol–water partition coefficient (Wildman–Crippen LogP) is 4.51. The van der Waals surface area contributed by atoms with Crippen molar-refractivity contribution in [1.29, 1.82) is 0 Å². The van der Waals surface area contributed by atoms with Gasteiger partial charge in [0, 0.05) is 11.5 Å². The Kier molecular flexibility index (Phi) is 4.31. The standard InChI is InChI=1S/C14H24ClN3/c1-14(2,3)12-16-17-13(15)18(12)11-9-7-5-4-6-8-10-11/h11H,4-10H2,1-3H3. The number of aromatic nitrogens is 3. The molecule has 3 nitrogen and oxygen atoms in total. The van der Waals surface area contributed by atoms with Gasteiger partial charge in [-0.05, 0) is 24.4 Å². The first-order valence-corrected chi connectivity index (χ1v) is 7.49. The molecular weight excluding hydrogens is 246 g/mol. The molecule has 0 unspecified atom stereocenters. The maximum absolute atomic E-state index is 6.27. The molecule has 1 aliphatic rings. The van der Waals surface area contributed by atoms with Gasteiger partial charge in [0.1, 0.15) is 5.82 Å². The molecule has 1 heterocycles. The summed E-state index contributed by atoms with van der Waals surface area (Å²) < 4.78 is 2.19. The topological polar surface area (TPSA) is 30.7 Å². The molecule has 0 saturated heterocycles. The lowest BCUT2D eigenvalue weighted by Gasteiger charge is -2.27. The van der Waals surface area contributed by atoms with Crippen molar-refractivity contribution in [2.75, 3.05) is 0 Å². The summed E-state index contributed by atoms with van der Waals surface area (Å²) in [6.45, 7) is 6.52. The molecule has 18 heavy (non-hydrogen) atoms. The second kappa shape index (κ2) is 5.60. The molecule has 0 spiro atoms. The van der Waals surface area contributed by atoms with Crippen molar-refractivity contribution in [2.24, 2.45) is 0 Å². The van der Waals surface area contributed by atoms with Gasteiger partial charge >= 0.3 is 0 Å². The van der Waals surface area contributed by atoms with E-state index in [1.807, 2.05) is 0 Å². The van der Waals surface area contributed by atoms with Crippen LogP contribution >= 0.6 is 11.6 Å². The van der Waals surface area contributed by atoms with Crippen LogP contribution in [0.4, 0.5) is 0 Å². The third kappa shape index (κ3) is 3.05. The molecule has 0 amide bonds. The van der Waals surface area contributed by atoms with E-state index in [0.29, 0.717) is 11.3 Å². The molecule has 4 heteroatoms. The van der Waals surface area contributed by atoms with E-state index in [4.69, 9.17) is 11.6 Å². The molecule has 1 aliphatic carbocycles. The van der Waals surface area contributed by atoms with Gasteiger partial charge in [-0.25, -0.2) is 0 Å². The fourth-order valence-corrected chi connectivity index (χ4v) is 3.06. The third-order valence-corrected chi connectivity index (χ3v) is 4.02. The zero-order valence-corrected chi connectivity index (χ0v) is 12.5. The zero-order valence-electron chi connectivity index (χ0n) is 11.7.